The summed E-state index contributed by atoms with van der Waals surface area (Å²) >= 11 is 11.3. The first kappa shape index (κ1) is 11.9. The van der Waals surface area contributed by atoms with E-state index < -0.39 is 0 Å². The van der Waals surface area contributed by atoms with E-state index in [1.54, 1.807) is 0 Å². The molecule has 0 bridgehead atoms. The number of likely N-dealkylation sites (tertiary alicyclic amines) is 1. The molecule has 0 spiro atoms. The molecule has 1 saturated heterocycles. The predicted molar refractivity (Wildman–Crippen MR) is 70.7 cm³/mol. The standard InChI is InChI=1S/C11H15BrClNS/c1-8-2-3-14(11(8)5-13)6-10-4-9(12)7-15-10/h4,7-8,11H,2-3,5-6H2,1H3. The monoisotopic (exact) mass is 307 g/mol. The van der Waals surface area contributed by atoms with Gasteiger partial charge in [-0.25, -0.2) is 0 Å². The van der Waals surface area contributed by atoms with Crippen LogP contribution in [0.3, 0.4) is 0 Å². The van der Waals surface area contributed by atoms with E-state index in [0.29, 0.717) is 6.04 Å². The van der Waals surface area contributed by atoms with E-state index in [9.17, 15) is 0 Å². The number of hydrogen-bond acceptors (Lipinski definition) is 2. The molecule has 0 saturated carbocycles. The van der Waals surface area contributed by atoms with Gasteiger partial charge < -0.3 is 0 Å². The zero-order valence-electron chi connectivity index (χ0n) is 8.75. The van der Waals surface area contributed by atoms with Gasteiger partial charge in [0.1, 0.15) is 0 Å². The number of nitrogens with zero attached hydrogens (tertiary/aromatic N) is 1. The largest absolute Gasteiger partial charge is 0.294 e. The van der Waals surface area contributed by atoms with Crippen LogP contribution in [0, 0.1) is 5.92 Å². The number of hydrogen-bond donors (Lipinski definition) is 0. The summed E-state index contributed by atoms with van der Waals surface area (Å²) in [5, 5.41) is 2.14. The Morgan fingerprint density at radius 2 is 2.47 bits per heavy atom. The molecule has 1 fully saturated rings. The first-order valence-corrected chi connectivity index (χ1v) is 7.44. The van der Waals surface area contributed by atoms with E-state index in [2.05, 4.69) is 39.2 Å². The molecule has 1 aliphatic heterocycles. The van der Waals surface area contributed by atoms with Gasteiger partial charge >= 0.3 is 0 Å². The molecule has 15 heavy (non-hydrogen) atoms. The first-order valence-electron chi connectivity index (χ1n) is 5.23. The third-order valence-corrected chi connectivity index (χ3v) is 5.13. The molecule has 2 rings (SSSR count). The Hall–Kier alpha value is 0.430. The molecule has 1 nitrogen and oxygen atoms in total. The third-order valence-electron chi connectivity index (χ3n) is 3.14. The van der Waals surface area contributed by atoms with Gasteiger partial charge in [0.2, 0.25) is 0 Å². The Kier molecular flexibility index (Phi) is 4.10. The van der Waals surface area contributed by atoms with E-state index in [1.807, 2.05) is 11.3 Å². The summed E-state index contributed by atoms with van der Waals surface area (Å²) in [5.41, 5.74) is 0. The van der Waals surface area contributed by atoms with E-state index >= 15 is 0 Å². The Labute approximate surface area is 109 Å². The Morgan fingerprint density at radius 3 is 3.07 bits per heavy atom. The number of rotatable bonds is 3. The van der Waals surface area contributed by atoms with Crippen LogP contribution in [0.2, 0.25) is 0 Å². The van der Waals surface area contributed by atoms with E-state index in [0.717, 1.165) is 18.3 Å². The average molecular weight is 309 g/mol. The lowest BCUT2D eigenvalue weighted by Gasteiger charge is -2.24. The molecule has 0 aliphatic carbocycles. The van der Waals surface area contributed by atoms with Gasteiger partial charge in [-0.2, -0.15) is 0 Å². The molecule has 0 amide bonds. The molecule has 0 aromatic carbocycles. The van der Waals surface area contributed by atoms with E-state index in [4.69, 9.17) is 11.6 Å². The highest BCUT2D eigenvalue weighted by Gasteiger charge is 2.30. The summed E-state index contributed by atoms with van der Waals surface area (Å²) in [4.78, 5) is 3.93. The molecular weight excluding hydrogens is 294 g/mol. The molecule has 0 N–H and O–H groups in total. The van der Waals surface area contributed by atoms with Crippen LogP contribution >= 0.6 is 38.9 Å². The lowest BCUT2D eigenvalue weighted by Crippen LogP contribution is -2.32. The van der Waals surface area contributed by atoms with Crippen LogP contribution in [-0.4, -0.2) is 23.4 Å². The molecule has 2 heterocycles. The quantitative estimate of drug-likeness (QED) is 0.764. The van der Waals surface area contributed by atoms with Crippen LogP contribution in [0.5, 0.6) is 0 Å². The topological polar surface area (TPSA) is 3.24 Å². The average Bonchev–Trinajstić information content (AvgIpc) is 2.75. The smallest absolute Gasteiger partial charge is 0.0382 e. The fraction of sp³-hybridized carbons (Fsp3) is 0.636. The number of halogens is 2. The van der Waals surface area contributed by atoms with Gasteiger partial charge in [0.25, 0.3) is 0 Å². The molecular formula is C11H15BrClNS. The second-order valence-corrected chi connectivity index (χ2v) is 6.41. The maximum absolute atomic E-state index is 6.02. The third kappa shape index (κ3) is 2.76. The van der Waals surface area contributed by atoms with Gasteiger partial charge in [0.05, 0.1) is 0 Å². The summed E-state index contributed by atoms with van der Waals surface area (Å²) in [5.74, 6) is 1.50. The number of alkyl halides is 1. The highest BCUT2D eigenvalue weighted by molar-refractivity contribution is 9.10. The Bertz CT molecular complexity index is 328. The van der Waals surface area contributed by atoms with Crippen molar-refractivity contribution >= 4 is 38.9 Å². The highest BCUT2D eigenvalue weighted by atomic mass is 79.9. The van der Waals surface area contributed by atoms with Gasteiger partial charge in [-0.15, -0.1) is 22.9 Å². The summed E-state index contributed by atoms with van der Waals surface area (Å²) in [6.45, 7) is 4.55. The maximum Gasteiger partial charge on any atom is 0.0382 e. The van der Waals surface area contributed by atoms with Crippen LogP contribution < -0.4 is 0 Å². The fourth-order valence-corrected chi connectivity index (χ4v) is 4.15. The van der Waals surface area contributed by atoms with Crippen molar-refractivity contribution in [3.05, 3.63) is 20.8 Å². The van der Waals surface area contributed by atoms with Crippen molar-refractivity contribution < 1.29 is 0 Å². The van der Waals surface area contributed by atoms with Crippen LogP contribution in [0.4, 0.5) is 0 Å². The normalized spacial score (nSPS) is 27.4. The summed E-state index contributed by atoms with van der Waals surface area (Å²) in [6.07, 6.45) is 1.28. The van der Waals surface area contributed by atoms with Crippen molar-refractivity contribution in [3.8, 4) is 0 Å². The maximum atomic E-state index is 6.02. The minimum absolute atomic E-state index is 0.563. The first-order chi connectivity index (χ1) is 7.20. The highest BCUT2D eigenvalue weighted by Crippen LogP contribution is 2.29. The zero-order chi connectivity index (χ0) is 10.8. The van der Waals surface area contributed by atoms with E-state index in [-0.39, 0.29) is 0 Å². The summed E-state index contributed by atoms with van der Waals surface area (Å²) < 4.78 is 1.19. The van der Waals surface area contributed by atoms with Crippen molar-refractivity contribution in [2.24, 2.45) is 5.92 Å². The number of thiophene rings is 1. The van der Waals surface area contributed by atoms with Gasteiger partial charge in [-0.3, -0.25) is 4.90 Å². The Morgan fingerprint density at radius 1 is 1.67 bits per heavy atom. The van der Waals surface area contributed by atoms with Crippen LogP contribution in [-0.2, 0) is 6.54 Å². The Balaban J connectivity index is 2.00. The van der Waals surface area contributed by atoms with Gasteiger partial charge in [0, 0.05) is 33.2 Å². The summed E-state index contributed by atoms with van der Waals surface area (Å²) in [7, 11) is 0. The molecule has 1 aliphatic rings. The summed E-state index contributed by atoms with van der Waals surface area (Å²) in [6, 6.07) is 2.77. The van der Waals surface area contributed by atoms with Crippen LogP contribution in [0.15, 0.2) is 15.9 Å². The van der Waals surface area contributed by atoms with Crippen molar-refractivity contribution in [1.29, 1.82) is 0 Å². The molecule has 1 aromatic heterocycles. The predicted octanol–water partition coefficient (Wildman–Crippen LogP) is 3.96. The molecule has 1 aromatic rings. The zero-order valence-corrected chi connectivity index (χ0v) is 11.9. The van der Waals surface area contributed by atoms with Crippen LogP contribution in [0.1, 0.15) is 18.2 Å². The second-order valence-electron chi connectivity index (χ2n) is 4.19. The van der Waals surface area contributed by atoms with Crippen molar-refractivity contribution in [3.63, 3.8) is 0 Å². The lowest BCUT2D eigenvalue weighted by atomic mass is 10.1. The van der Waals surface area contributed by atoms with E-state index in [1.165, 1.54) is 22.3 Å². The van der Waals surface area contributed by atoms with Crippen molar-refractivity contribution in [1.82, 2.24) is 4.90 Å². The van der Waals surface area contributed by atoms with Crippen molar-refractivity contribution in [2.45, 2.75) is 25.9 Å². The lowest BCUT2D eigenvalue weighted by molar-refractivity contribution is 0.244. The van der Waals surface area contributed by atoms with Crippen molar-refractivity contribution in [2.75, 3.05) is 12.4 Å². The molecule has 4 heteroatoms. The molecule has 0 radical (unpaired) electrons. The van der Waals surface area contributed by atoms with Gasteiger partial charge in [-0.1, -0.05) is 6.92 Å². The molecule has 84 valence electrons. The second kappa shape index (κ2) is 5.17. The van der Waals surface area contributed by atoms with Gasteiger partial charge in [0.15, 0.2) is 0 Å². The fourth-order valence-electron chi connectivity index (χ4n) is 2.17. The van der Waals surface area contributed by atoms with Crippen LogP contribution in [0.25, 0.3) is 0 Å². The van der Waals surface area contributed by atoms with Gasteiger partial charge in [-0.05, 0) is 40.9 Å². The molecule has 2 atom stereocenters. The SMILES string of the molecule is CC1CCN(Cc2cc(Br)cs2)C1CCl. The minimum Gasteiger partial charge on any atom is -0.294 e. The molecule has 2 unspecified atom stereocenters. The minimum atomic E-state index is 0.563.